The Kier molecular flexibility index (Phi) is 3.49. The van der Waals surface area contributed by atoms with E-state index in [9.17, 15) is 0 Å². The Morgan fingerprint density at radius 3 is 3.18 bits per heavy atom. The van der Waals surface area contributed by atoms with Crippen molar-refractivity contribution >= 4 is 0 Å². The van der Waals surface area contributed by atoms with Gasteiger partial charge in [-0.2, -0.15) is 0 Å². The Balaban J connectivity index is 2.04. The molecule has 0 unspecified atom stereocenters. The van der Waals surface area contributed by atoms with E-state index in [1.54, 1.807) is 0 Å². The molecule has 0 saturated carbocycles. The molecule has 0 amide bonds. The predicted octanol–water partition coefficient (Wildman–Crippen LogP) is -0.717. The second kappa shape index (κ2) is 4.75. The summed E-state index contributed by atoms with van der Waals surface area (Å²) in [6.45, 7) is 3.29. The van der Waals surface area contributed by atoms with Crippen molar-refractivity contribution < 1.29 is 4.84 Å². The molecule has 0 radical (unpaired) electrons. The van der Waals surface area contributed by atoms with Crippen LogP contribution in [0, 0.1) is 0 Å². The number of tetrazole rings is 1. The van der Waals surface area contributed by atoms with Crippen molar-refractivity contribution in [3.8, 4) is 0 Å². The zero-order valence-corrected chi connectivity index (χ0v) is 6.37. The third-order valence-electron chi connectivity index (χ3n) is 1.10. The molecule has 6 heteroatoms. The van der Waals surface area contributed by atoms with Crippen LogP contribution in [0.5, 0.6) is 0 Å². The first-order valence-electron chi connectivity index (χ1n) is 3.50. The molecule has 0 aliphatic heterocycles. The third kappa shape index (κ3) is 3.06. The largest absolute Gasteiger partial charge is 0.302 e. The Morgan fingerprint density at radius 1 is 1.64 bits per heavy atom. The van der Waals surface area contributed by atoms with Crippen molar-refractivity contribution in [2.75, 3.05) is 13.2 Å². The number of hydrogen-bond donors (Lipinski definition) is 2. The van der Waals surface area contributed by atoms with Gasteiger partial charge < -0.3 is 4.84 Å². The highest BCUT2D eigenvalue weighted by atomic mass is 16.6. The van der Waals surface area contributed by atoms with Crippen LogP contribution in [-0.2, 0) is 11.3 Å². The summed E-state index contributed by atoms with van der Waals surface area (Å²) in [5.74, 6) is 0.761. The molecule has 6 nitrogen and oxygen atoms in total. The van der Waals surface area contributed by atoms with Gasteiger partial charge in [0.25, 0.3) is 0 Å². The summed E-state index contributed by atoms with van der Waals surface area (Å²) in [6.07, 6.45) is 0.743. The number of nitrogens with one attached hydrogen (secondary N) is 2. The standard InChI is InChI=1S/C5H11N5O/c1-2-11-6-4-3-5-7-9-10-8-5/h6H,2-4H2,1H3,(H,7,8,9,10). The first-order valence-corrected chi connectivity index (χ1v) is 3.50. The molecule has 0 spiro atoms. The van der Waals surface area contributed by atoms with Gasteiger partial charge in [0.2, 0.25) is 0 Å². The molecule has 2 N–H and O–H groups in total. The van der Waals surface area contributed by atoms with E-state index in [0.717, 1.165) is 12.2 Å². The lowest BCUT2D eigenvalue weighted by Gasteiger charge is -1.99. The second-order valence-corrected chi connectivity index (χ2v) is 1.93. The summed E-state index contributed by atoms with van der Waals surface area (Å²) in [6, 6.07) is 0. The Morgan fingerprint density at radius 2 is 2.55 bits per heavy atom. The molecule has 0 aliphatic rings. The average molecular weight is 157 g/mol. The fraction of sp³-hybridized carbons (Fsp3) is 0.800. The number of nitrogens with zero attached hydrogens (tertiary/aromatic N) is 3. The fourth-order valence-electron chi connectivity index (χ4n) is 0.628. The molecular formula is C5H11N5O. The fourth-order valence-corrected chi connectivity index (χ4v) is 0.628. The first-order chi connectivity index (χ1) is 5.43. The van der Waals surface area contributed by atoms with Crippen LogP contribution < -0.4 is 5.48 Å². The maximum atomic E-state index is 4.90. The lowest BCUT2D eigenvalue weighted by atomic mass is 10.4. The van der Waals surface area contributed by atoms with Crippen LogP contribution in [0.4, 0.5) is 0 Å². The van der Waals surface area contributed by atoms with E-state index in [1.165, 1.54) is 0 Å². The van der Waals surface area contributed by atoms with Gasteiger partial charge in [-0.1, -0.05) is 0 Å². The maximum Gasteiger partial charge on any atom is 0.149 e. The molecule has 0 atom stereocenters. The average Bonchev–Trinajstić information content (AvgIpc) is 2.50. The van der Waals surface area contributed by atoms with E-state index >= 15 is 0 Å². The van der Waals surface area contributed by atoms with Crippen LogP contribution in [0.25, 0.3) is 0 Å². The number of aromatic amines is 1. The molecular weight excluding hydrogens is 146 g/mol. The molecule has 0 saturated heterocycles. The zero-order chi connectivity index (χ0) is 7.94. The van der Waals surface area contributed by atoms with Crippen molar-refractivity contribution in [3.63, 3.8) is 0 Å². The molecule has 1 heterocycles. The quantitative estimate of drug-likeness (QED) is 0.436. The lowest BCUT2D eigenvalue weighted by Crippen LogP contribution is -2.17. The van der Waals surface area contributed by atoms with E-state index in [4.69, 9.17) is 4.84 Å². The number of aromatic nitrogens is 4. The maximum absolute atomic E-state index is 4.90. The second-order valence-electron chi connectivity index (χ2n) is 1.93. The number of rotatable bonds is 5. The highest BCUT2D eigenvalue weighted by molar-refractivity contribution is 4.75. The van der Waals surface area contributed by atoms with Gasteiger partial charge in [0, 0.05) is 13.0 Å². The molecule has 1 aromatic heterocycles. The first kappa shape index (κ1) is 8.09. The van der Waals surface area contributed by atoms with Crippen LogP contribution in [0.3, 0.4) is 0 Å². The highest BCUT2D eigenvalue weighted by Crippen LogP contribution is 1.82. The van der Waals surface area contributed by atoms with Crippen molar-refractivity contribution in [3.05, 3.63) is 5.82 Å². The topological polar surface area (TPSA) is 75.7 Å². The van der Waals surface area contributed by atoms with Gasteiger partial charge in [-0.25, -0.2) is 10.6 Å². The zero-order valence-electron chi connectivity index (χ0n) is 6.37. The van der Waals surface area contributed by atoms with Crippen molar-refractivity contribution in [1.82, 2.24) is 26.1 Å². The van der Waals surface area contributed by atoms with Crippen molar-refractivity contribution in [2.24, 2.45) is 0 Å². The van der Waals surface area contributed by atoms with Gasteiger partial charge in [-0.15, -0.1) is 5.10 Å². The monoisotopic (exact) mass is 157 g/mol. The van der Waals surface area contributed by atoms with Gasteiger partial charge in [-0.3, -0.25) is 0 Å². The SMILES string of the molecule is CCONCCc1nnn[nH]1. The minimum Gasteiger partial charge on any atom is -0.302 e. The van der Waals surface area contributed by atoms with Gasteiger partial charge in [0.15, 0.2) is 0 Å². The normalized spacial score (nSPS) is 10.3. The van der Waals surface area contributed by atoms with Gasteiger partial charge in [-0.05, 0) is 17.4 Å². The Bertz CT molecular complexity index is 175. The summed E-state index contributed by atoms with van der Waals surface area (Å²) < 4.78 is 0. The summed E-state index contributed by atoms with van der Waals surface area (Å²) >= 11 is 0. The highest BCUT2D eigenvalue weighted by Gasteiger charge is 1.94. The Labute approximate surface area is 64.3 Å². The van der Waals surface area contributed by atoms with E-state index in [-0.39, 0.29) is 0 Å². The Hall–Kier alpha value is -1.01. The third-order valence-corrected chi connectivity index (χ3v) is 1.10. The predicted molar refractivity (Wildman–Crippen MR) is 37.5 cm³/mol. The molecule has 11 heavy (non-hydrogen) atoms. The summed E-state index contributed by atoms with van der Waals surface area (Å²) in [5.41, 5.74) is 2.76. The molecule has 62 valence electrons. The molecule has 1 aromatic rings. The summed E-state index contributed by atoms with van der Waals surface area (Å²) in [4.78, 5) is 4.90. The number of H-pyrrole nitrogens is 1. The van der Waals surface area contributed by atoms with Crippen LogP contribution in [-0.4, -0.2) is 33.8 Å². The van der Waals surface area contributed by atoms with Crippen LogP contribution in [0.15, 0.2) is 0 Å². The van der Waals surface area contributed by atoms with Crippen LogP contribution >= 0.6 is 0 Å². The minimum atomic E-state index is 0.661. The van der Waals surface area contributed by atoms with Crippen molar-refractivity contribution in [1.29, 1.82) is 0 Å². The van der Waals surface area contributed by atoms with E-state index in [1.807, 2.05) is 6.92 Å². The van der Waals surface area contributed by atoms with Gasteiger partial charge in [0.05, 0.1) is 6.61 Å². The summed E-state index contributed by atoms with van der Waals surface area (Å²) in [7, 11) is 0. The van der Waals surface area contributed by atoms with Gasteiger partial charge in [0.1, 0.15) is 5.82 Å². The smallest absolute Gasteiger partial charge is 0.149 e. The van der Waals surface area contributed by atoms with Crippen LogP contribution in [0.2, 0.25) is 0 Å². The van der Waals surface area contributed by atoms with E-state index < -0.39 is 0 Å². The van der Waals surface area contributed by atoms with Crippen LogP contribution in [0.1, 0.15) is 12.7 Å². The molecule has 0 aromatic carbocycles. The molecule has 0 fully saturated rings. The lowest BCUT2D eigenvalue weighted by molar-refractivity contribution is 0.0516. The van der Waals surface area contributed by atoms with E-state index in [0.29, 0.717) is 13.2 Å². The molecule has 1 rings (SSSR count). The van der Waals surface area contributed by atoms with Gasteiger partial charge >= 0.3 is 0 Å². The van der Waals surface area contributed by atoms with E-state index in [2.05, 4.69) is 26.1 Å². The van der Waals surface area contributed by atoms with Crippen molar-refractivity contribution in [2.45, 2.75) is 13.3 Å². The minimum absolute atomic E-state index is 0.661. The molecule has 0 aliphatic carbocycles. The molecule has 0 bridgehead atoms. The number of hydrogen-bond acceptors (Lipinski definition) is 5. The number of hydroxylamine groups is 1. The summed E-state index contributed by atoms with van der Waals surface area (Å²) in [5, 5.41) is 13.2.